The molecule has 0 saturated heterocycles. The summed E-state index contributed by atoms with van der Waals surface area (Å²) < 4.78 is 32.0. The topological polar surface area (TPSA) is 63.7 Å². The lowest BCUT2D eigenvalue weighted by Crippen LogP contribution is -2.30. The molecule has 0 fully saturated rings. The van der Waals surface area contributed by atoms with Crippen LogP contribution in [-0.4, -0.2) is 38.2 Å². The van der Waals surface area contributed by atoms with Crippen LogP contribution in [0.25, 0.3) is 6.08 Å². The zero-order chi connectivity index (χ0) is 20.6. The third-order valence-corrected chi connectivity index (χ3v) is 6.24. The SMILES string of the molecule is C=CCOc1ccccc1/C=C/C(=O)c1ccc(S(=O)(=O)N(CC)CC)cc1. The fourth-order valence-electron chi connectivity index (χ4n) is 2.66. The lowest BCUT2D eigenvalue weighted by atomic mass is 10.1. The van der Waals surface area contributed by atoms with Gasteiger partial charge < -0.3 is 4.74 Å². The zero-order valence-corrected chi connectivity index (χ0v) is 17.0. The van der Waals surface area contributed by atoms with Gasteiger partial charge in [-0.2, -0.15) is 4.31 Å². The molecule has 0 radical (unpaired) electrons. The zero-order valence-electron chi connectivity index (χ0n) is 16.2. The molecule has 0 N–H and O–H groups in total. The molecule has 0 aliphatic heterocycles. The lowest BCUT2D eigenvalue weighted by molar-refractivity contribution is 0.104. The van der Waals surface area contributed by atoms with Gasteiger partial charge >= 0.3 is 0 Å². The van der Waals surface area contributed by atoms with Crippen LogP contribution in [0, 0.1) is 0 Å². The first-order chi connectivity index (χ1) is 13.4. The number of rotatable bonds is 10. The van der Waals surface area contributed by atoms with E-state index < -0.39 is 10.0 Å². The number of nitrogens with zero attached hydrogens (tertiary/aromatic N) is 1. The quantitative estimate of drug-likeness (QED) is 0.342. The third-order valence-electron chi connectivity index (χ3n) is 4.17. The van der Waals surface area contributed by atoms with Crippen molar-refractivity contribution < 1.29 is 17.9 Å². The maximum absolute atomic E-state index is 12.5. The van der Waals surface area contributed by atoms with E-state index in [1.54, 1.807) is 26.0 Å². The number of ketones is 1. The van der Waals surface area contributed by atoms with Crippen molar-refractivity contribution in [3.05, 3.63) is 78.4 Å². The fraction of sp³-hybridized carbons (Fsp3) is 0.227. The summed E-state index contributed by atoms with van der Waals surface area (Å²) in [6, 6.07) is 13.4. The Morgan fingerprint density at radius 3 is 2.32 bits per heavy atom. The van der Waals surface area contributed by atoms with Gasteiger partial charge in [-0.3, -0.25) is 4.79 Å². The first-order valence-electron chi connectivity index (χ1n) is 9.09. The molecule has 0 heterocycles. The Morgan fingerprint density at radius 2 is 1.71 bits per heavy atom. The summed E-state index contributed by atoms with van der Waals surface area (Å²) in [5, 5.41) is 0. The van der Waals surface area contributed by atoms with Gasteiger partial charge in [0.2, 0.25) is 10.0 Å². The predicted octanol–water partition coefficient (Wildman–Crippen LogP) is 4.18. The number of ether oxygens (including phenoxy) is 1. The second-order valence-electron chi connectivity index (χ2n) is 5.95. The van der Waals surface area contributed by atoms with E-state index in [2.05, 4.69) is 6.58 Å². The number of benzene rings is 2. The van der Waals surface area contributed by atoms with Gasteiger partial charge in [0, 0.05) is 24.2 Å². The lowest BCUT2D eigenvalue weighted by Gasteiger charge is -2.18. The van der Waals surface area contributed by atoms with E-state index >= 15 is 0 Å². The monoisotopic (exact) mass is 399 g/mol. The average molecular weight is 400 g/mol. The molecule has 0 atom stereocenters. The maximum Gasteiger partial charge on any atom is 0.243 e. The van der Waals surface area contributed by atoms with Crippen LogP contribution in [0.2, 0.25) is 0 Å². The van der Waals surface area contributed by atoms with Crippen LogP contribution in [0.1, 0.15) is 29.8 Å². The Kier molecular flexibility index (Phi) is 7.72. The van der Waals surface area contributed by atoms with E-state index in [0.29, 0.717) is 31.0 Å². The van der Waals surface area contributed by atoms with E-state index in [1.807, 2.05) is 24.3 Å². The van der Waals surface area contributed by atoms with Crippen molar-refractivity contribution >= 4 is 21.9 Å². The standard InChI is InChI=1S/C22H25NO4S/c1-4-17-27-22-10-8-7-9-19(22)13-16-21(24)18-11-14-20(15-12-18)28(25,26)23(5-2)6-3/h4,7-16H,1,5-6,17H2,2-3H3/b16-13+. The number of hydrogen-bond acceptors (Lipinski definition) is 4. The minimum absolute atomic E-state index is 0.180. The molecular weight excluding hydrogens is 374 g/mol. The Bertz CT molecular complexity index is 943. The number of carbonyl (C=O) groups excluding carboxylic acids is 1. The van der Waals surface area contributed by atoms with Gasteiger partial charge in [0.15, 0.2) is 5.78 Å². The average Bonchev–Trinajstić information content (AvgIpc) is 2.71. The largest absolute Gasteiger partial charge is 0.489 e. The molecule has 2 aromatic rings. The van der Waals surface area contributed by atoms with Gasteiger partial charge in [-0.05, 0) is 42.5 Å². The minimum Gasteiger partial charge on any atom is -0.489 e. The molecule has 2 aromatic carbocycles. The molecule has 0 aliphatic carbocycles. The van der Waals surface area contributed by atoms with Gasteiger partial charge in [0.1, 0.15) is 12.4 Å². The van der Waals surface area contributed by atoms with E-state index in [1.165, 1.54) is 34.6 Å². The molecule has 0 spiro atoms. The van der Waals surface area contributed by atoms with Crippen molar-refractivity contribution in [2.45, 2.75) is 18.7 Å². The summed E-state index contributed by atoms with van der Waals surface area (Å²) in [5.41, 5.74) is 1.19. The summed E-state index contributed by atoms with van der Waals surface area (Å²) >= 11 is 0. The van der Waals surface area contributed by atoms with Gasteiger partial charge in [-0.25, -0.2) is 8.42 Å². The summed E-state index contributed by atoms with van der Waals surface area (Å²) in [6.45, 7) is 8.38. The van der Waals surface area contributed by atoms with Crippen molar-refractivity contribution in [1.82, 2.24) is 4.31 Å². The van der Waals surface area contributed by atoms with Crippen molar-refractivity contribution in [2.24, 2.45) is 0 Å². The highest BCUT2D eigenvalue weighted by Crippen LogP contribution is 2.20. The molecule has 0 bridgehead atoms. The van der Waals surface area contributed by atoms with Crippen LogP contribution < -0.4 is 4.74 Å². The van der Waals surface area contributed by atoms with Crippen LogP contribution in [0.5, 0.6) is 5.75 Å². The van der Waals surface area contributed by atoms with E-state index in [9.17, 15) is 13.2 Å². The van der Waals surface area contributed by atoms with E-state index in [0.717, 1.165) is 5.56 Å². The van der Waals surface area contributed by atoms with Gasteiger partial charge in [0.25, 0.3) is 0 Å². The van der Waals surface area contributed by atoms with Crippen molar-refractivity contribution in [1.29, 1.82) is 0 Å². The molecule has 28 heavy (non-hydrogen) atoms. The summed E-state index contributed by atoms with van der Waals surface area (Å²) in [4.78, 5) is 12.6. The molecule has 6 heteroatoms. The highest BCUT2D eigenvalue weighted by atomic mass is 32.2. The highest BCUT2D eigenvalue weighted by Gasteiger charge is 2.21. The summed E-state index contributed by atoms with van der Waals surface area (Å²) in [7, 11) is -3.53. The normalized spacial score (nSPS) is 11.7. The smallest absolute Gasteiger partial charge is 0.243 e. The van der Waals surface area contributed by atoms with Crippen molar-refractivity contribution in [2.75, 3.05) is 19.7 Å². The second kappa shape index (κ2) is 10.0. The van der Waals surface area contributed by atoms with Gasteiger partial charge in [-0.15, -0.1) is 0 Å². The maximum atomic E-state index is 12.5. The third kappa shape index (κ3) is 5.18. The van der Waals surface area contributed by atoms with Gasteiger partial charge in [0.05, 0.1) is 4.90 Å². The first kappa shape index (κ1) is 21.6. The number of carbonyl (C=O) groups is 1. The van der Waals surface area contributed by atoms with E-state index in [4.69, 9.17) is 4.74 Å². The molecule has 0 unspecified atom stereocenters. The summed E-state index contributed by atoms with van der Waals surface area (Å²) in [5.74, 6) is 0.442. The Balaban J connectivity index is 2.18. The highest BCUT2D eigenvalue weighted by molar-refractivity contribution is 7.89. The number of allylic oxidation sites excluding steroid dienone is 1. The molecule has 0 saturated carbocycles. The molecule has 0 aromatic heterocycles. The second-order valence-corrected chi connectivity index (χ2v) is 7.89. The van der Waals surface area contributed by atoms with Gasteiger partial charge in [-0.1, -0.05) is 44.7 Å². The van der Waals surface area contributed by atoms with Crippen LogP contribution in [0.3, 0.4) is 0 Å². The first-order valence-corrected chi connectivity index (χ1v) is 10.5. The molecule has 0 aliphatic rings. The molecule has 148 valence electrons. The van der Waals surface area contributed by atoms with Crippen LogP contribution in [-0.2, 0) is 10.0 Å². The van der Waals surface area contributed by atoms with E-state index in [-0.39, 0.29) is 10.7 Å². The Morgan fingerprint density at radius 1 is 1.07 bits per heavy atom. The Labute approximate surface area is 167 Å². The van der Waals surface area contributed by atoms with Crippen molar-refractivity contribution in [3.8, 4) is 5.75 Å². The minimum atomic E-state index is -3.53. The Hall–Kier alpha value is -2.70. The molecule has 2 rings (SSSR count). The molecule has 0 amide bonds. The fourth-order valence-corrected chi connectivity index (χ4v) is 4.12. The molecular formula is C22H25NO4S. The number of sulfonamides is 1. The van der Waals surface area contributed by atoms with Crippen LogP contribution >= 0.6 is 0 Å². The number of hydrogen-bond donors (Lipinski definition) is 0. The van der Waals surface area contributed by atoms with Crippen LogP contribution in [0.15, 0.2) is 72.2 Å². The molecule has 5 nitrogen and oxygen atoms in total. The number of para-hydroxylation sites is 1. The van der Waals surface area contributed by atoms with Crippen molar-refractivity contribution in [3.63, 3.8) is 0 Å². The van der Waals surface area contributed by atoms with Crippen LogP contribution in [0.4, 0.5) is 0 Å². The predicted molar refractivity (Wildman–Crippen MR) is 112 cm³/mol. The summed E-state index contributed by atoms with van der Waals surface area (Å²) in [6.07, 6.45) is 4.78.